The van der Waals surface area contributed by atoms with Crippen LogP contribution in [0.2, 0.25) is 0 Å². The standard InChI is InChI=1S/C14H23N3S/c1-2-12-10-18-14(16-12)17-7-5-11(6-8-17)9-15-13-3-4-13/h10-11,13,15H,2-9H2,1H3. The number of hydrogen-bond acceptors (Lipinski definition) is 4. The molecule has 0 unspecified atom stereocenters. The van der Waals surface area contributed by atoms with E-state index in [-0.39, 0.29) is 0 Å². The second-order valence-electron chi connectivity index (χ2n) is 5.59. The minimum absolute atomic E-state index is 0.856. The van der Waals surface area contributed by atoms with Crippen LogP contribution in [0.3, 0.4) is 0 Å². The summed E-state index contributed by atoms with van der Waals surface area (Å²) < 4.78 is 0. The Bertz CT molecular complexity index is 378. The monoisotopic (exact) mass is 265 g/mol. The average Bonchev–Trinajstić information content (AvgIpc) is 3.12. The predicted octanol–water partition coefficient (Wildman–Crippen LogP) is 2.67. The van der Waals surface area contributed by atoms with Gasteiger partial charge < -0.3 is 10.2 Å². The van der Waals surface area contributed by atoms with Crippen molar-refractivity contribution < 1.29 is 0 Å². The van der Waals surface area contributed by atoms with Crippen molar-refractivity contribution in [3.05, 3.63) is 11.1 Å². The molecular weight excluding hydrogens is 242 g/mol. The van der Waals surface area contributed by atoms with Gasteiger partial charge in [-0.25, -0.2) is 4.98 Å². The Morgan fingerprint density at radius 3 is 2.72 bits per heavy atom. The van der Waals surface area contributed by atoms with Gasteiger partial charge in [0.15, 0.2) is 5.13 Å². The fourth-order valence-corrected chi connectivity index (χ4v) is 3.52. The number of rotatable bonds is 5. The number of thiazole rings is 1. The number of nitrogens with zero attached hydrogens (tertiary/aromatic N) is 2. The second-order valence-corrected chi connectivity index (χ2v) is 6.42. The van der Waals surface area contributed by atoms with E-state index in [9.17, 15) is 0 Å². The summed E-state index contributed by atoms with van der Waals surface area (Å²) in [4.78, 5) is 7.16. The van der Waals surface area contributed by atoms with Gasteiger partial charge in [-0.1, -0.05) is 6.92 Å². The fourth-order valence-electron chi connectivity index (χ4n) is 2.55. The molecule has 1 aliphatic heterocycles. The summed E-state index contributed by atoms with van der Waals surface area (Å²) in [5.74, 6) is 0.882. The Kier molecular flexibility index (Phi) is 3.85. The van der Waals surface area contributed by atoms with Crippen molar-refractivity contribution in [3.8, 4) is 0 Å². The number of nitrogens with one attached hydrogen (secondary N) is 1. The quantitative estimate of drug-likeness (QED) is 0.887. The lowest BCUT2D eigenvalue weighted by Crippen LogP contribution is -2.37. The summed E-state index contributed by atoms with van der Waals surface area (Å²) in [5, 5.41) is 7.10. The lowest BCUT2D eigenvalue weighted by atomic mass is 9.97. The molecule has 0 aromatic carbocycles. The minimum Gasteiger partial charge on any atom is -0.348 e. The molecule has 1 N–H and O–H groups in total. The molecule has 1 aromatic rings. The maximum atomic E-state index is 4.69. The van der Waals surface area contributed by atoms with E-state index in [1.165, 1.54) is 56.1 Å². The van der Waals surface area contributed by atoms with E-state index in [1.807, 2.05) is 11.3 Å². The van der Waals surface area contributed by atoms with Gasteiger partial charge in [0.05, 0.1) is 5.69 Å². The highest BCUT2D eigenvalue weighted by Gasteiger charge is 2.25. The number of piperidine rings is 1. The fraction of sp³-hybridized carbons (Fsp3) is 0.786. The van der Waals surface area contributed by atoms with Crippen LogP contribution < -0.4 is 10.2 Å². The summed E-state index contributed by atoms with van der Waals surface area (Å²) in [6.45, 7) is 5.78. The molecular formula is C14H23N3S. The molecule has 1 aliphatic carbocycles. The summed E-state index contributed by atoms with van der Waals surface area (Å²) >= 11 is 1.81. The normalized spacial score (nSPS) is 21.5. The Morgan fingerprint density at radius 1 is 1.33 bits per heavy atom. The van der Waals surface area contributed by atoms with Crippen molar-refractivity contribution in [3.63, 3.8) is 0 Å². The molecule has 2 aliphatic rings. The molecule has 0 amide bonds. The Hall–Kier alpha value is -0.610. The second kappa shape index (κ2) is 5.57. The van der Waals surface area contributed by atoms with Crippen LogP contribution in [-0.2, 0) is 6.42 Å². The van der Waals surface area contributed by atoms with Gasteiger partial charge in [-0.05, 0) is 44.6 Å². The van der Waals surface area contributed by atoms with E-state index in [0.29, 0.717) is 0 Å². The highest BCUT2D eigenvalue weighted by atomic mass is 32.1. The lowest BCUT2D eigenvalue weighted by molar-refractivity contribution is 0.382. The minimum atomic E-state index is 0.856. The first kappa shape index (κ1) is 12.4. The van der Waals surface area contributed by atoms with Crippen LogP contribution in [0.4, 0.5) is 5.13 Å². The number of anilines is 1. The first-order valence-corrected chi connectivity index (χ1v) is 8.16. The molecule has 100 valence electrons. The molecule has 0 radical (unpaired) electrons. The van der Waals surface area contributed by atoms with Crippen LogP contribution in [0.15, 0.2) is 5.38 Å². The Labute approximate surface area is 114 Å². The topological polar surface area (TPSA) is 28.2 Å². The molecule has 0 atom stereocenters. The van der Waals surface area contributed by atoms with E-state index in [4.69, 9.17) is 4.98 Å². The third-order valence-corrected chi connectivity index (χ3v) is 5.01. The third kappa shape index (κ3) is 3.04. The molecule has 18 heavy (non-hydrogen) atoms. The summed E-state index contributed by atoms with van der Waals surface area (Å²) in [7, 11) is 0. The van der Waals surface area contributed by atoms with Gasteiger partial charge >= 0.3 is 0 Å². The zero-order chi connectivity index (χ0) is 12.4. The van der Waals surface area contributed by atoms with Gasteiger partial charge in [-0.2, -0.15) is 0 Å². The molecule has 1 aromatic heterocycles. The van der Waals surface area contributed by atoms with Crippen molar-refractivity contribution in [1.29, 1.82) is 0 Å². The first-order valence-electron chi connectivity index (χ1n) is 7.28. The van der Waals surface area contributed by atoms with E-state index >= 15 is 0 Å². The zero-order valence-electron chi connectivity index (χ0n) is 11.2. The molecule has 2 fully saturated rings. The van der Waals surface area contributed by atoms with E-state index in [2.05, 4.69) is 22.5 Å². The van der Waals surface area contributed by atoms with Crippen LogP contribution in [0, 0.1) is 5.92 Å². The zero-order valence-corrected chi connectivity index (χ0v) is 12.0. The van der Waals surface area contributed by atoms with Crippen molar-refractivity contribution in [1.82, 2.24) is 10.3 Å². The average molecular weight is 265 g/mol. The van der Waals surface area contributed by atoms with Gasteiger partial charge in [0, 0.05) is 24.5 Å². The Morgan fingerprint density at radius 2 is 2.11 bits per heavy atom. The third-order valence-electron chi connectivity index (χ3n) is 4.06. The summed E-state index contributed by atoms with van der Waals surface area (Å²) in [6, 6.07) is 0.856. The molecule has 1 saturated heterocycles. The van der Waals surface area contributed by atoms with Crippen LogP contribution in [-0.4, -0.2) is 30.7 Å². The van der Waals surface area contributed by atoms with E-state index in [0.717, 1.165) is 18.4 Å². The smallest absolute Gasteiger partial charge is 0.185 e. The highest BCUT2D eigenvalue weighted by Crippen LogP contribution is 2.27. The molecule has 3 rings (SSSR count). The summed E-state index contributed by atoms with van der Waals surface area (Å²) in [6.07, 6.45) is 6.50. The predicted molar refractivity (Wildman–Crippen MR) is 77.5 cm³/mol. The van der Waals surface area contributed by atoms with Gasteiger partial charge in [0.1, 0.15) is 0 Å². The van der Waals surface area contributed by atoms with E-state index < -0.39 is 0 Å². The number of hydrogen-bond donors (Lipinski definition) is 1. The molecule has 0 spiro atoms. The lowest BCUT2D eigenvalue weighted by Gasteiger charge is -2.31. The van der Waals surface area contributed by atoms with Crippen molar-refractivity contribution in [2.75, 3.05) is 24.5 Å². The van der Waals surface area contributed by atoms with Crippen LogP contribution in [0.5, 0.6) is 0 Å². The number of aromatic nitrogens is 1. The van der Waals surface area contributed by atoms with Crippen LogP contribution in [0.25, 0.3) is 0 Å². The molecule has 3 nitrogen and oxygen atoms in total. The van der Waals surface area contributed by atoms with Crippen molar-refractivity contribution in [2.24, 2.45) is 5.92 Å². The van der Waals surface area contributed by atoms with Gasteiger partial charge in [-0.15, -0.1) is 11.3 Å². The van der Waals surface area contributed by atoms with Crippen molar-refractivity contribution in [2.45, 2.75) is 45.1 Å². The van der Waals surface area contributed by atoms with Crippen LogP contribution >= 0.6 is 11.3 Å². The maximum Gasteiger partial charge on any atom is 0.185 e. The van der Waals surface area contributed by atoms with Crippen molar-refractivity contribution >= 4 is 16.5 Å². The molecule has 2 heterocycles. The number of aryl methyl sites for hydroxylation is 1. The van der Waals surface area contributed by atoms with Gasteiger partial charge in [0.25, 0.3) is 0 Å². The highest BCUT2D eigenvalue weighted by molar-refractivity contribution is 7.13. The van der Waals surface area contributed by atoms with E-state index in [1.54, 1.807) is 0 Å². The maximum absolute atomic E-state index is 4.69. The molecule has 4 heteroatoms. The SMILES string of the molecule is CCc1csc(N2CCC(CNC3CC3)CC2)n1. The van der Waals surface area contributed by atoms with Gasteiger partial charge in [-0.3, -0.25) is 0 Å². The van der Waals surface area contributed by atoms with Gasteiger partial charge in [0.2, 0.25) is 0 Å². The molecule has 0 bridgehead atoms. The summed E-state index contributed by atoms with van der Waals surface area (Å²) in [5.41, 5.74) is 1.24. The van der Waals surface area contributed by atoms with Crippen LogP contribution in [0.1, 0.15) is 38.3 Å². The molecule has 1 saturated carbocycles. The Balaban J connectivity index is 1.46. The largest absolute Gasteiger partial charge is 0.348 e. The first-order chi connectivity index (χ1) is 8.85.